The molecule has 3 aromatic carbocycles. The van der Waals surface area contributed by atoms with Gasteiger partial charge in [-0.25, -0.2) is 4.98 Å². The predicted octanol–water partition coefficient (Wildman–Crippen LogP) is 6.72. The highest BCUT2D eigenvalue weighted by molar-refractivity contribution is 5.87. The molecule has 2 heterocycles. The molecule has 0 aliphatic carbocycles. The van der Waals surface area contributed by atoms with Crippen molar-refractivity contribution in [1.82, 2.24) is 9.88 Å². The highest BCUT2D eigenvalue weighted by Crippen LogP contribution is 2.34. The van der Waals surface area contributed by atoms with Crippen LogP contribution in [0.25, 0.3) is 16.5 Å². The third-order valence-corrected chi connectivity index (χ3v) is 6.92. The Morgan fingerprint density at radius 2 is 1.83 bits per heavy atom. The third-order valence-electron chi connectivity index (χ3n) is 6.92. The number of aromatic nitrogens is 1. The van der Waals surface area contributed by atoms with Crippen molar-refractivity contribution in [2.45, 2.75) is 26.0 Å². The average Bonchev–Trinajstić information content (AvgIpc) is 3.16. The minimum Gasteiger partial charge on any atom is -0.489 e. The minimum atomic E-state index is -0.136. The molecule has 0 spiro atoms. The van der Waals surface area contributed by atoms with Gasteiger partial charge in [-0.1, -0.05) is 49.0 Å². The highest BCUT2D eigenvalue weighted by Gasteiger charge is 2.36. The number of pyridine rings is 1. The maximum absolute atomic E-state index is 5.89. The van der Waals surface area contributed by atoms with Crippen LogP contribution in [0, 0.1) is 0 Å². The van der Waals surface area contributed by atoms with Gasteiger partial charge in [0.25, 0.3) is 0 Å². The lowest BCUT2D eigenvalue weighted by Gasteiger charge is -2.34. The van der Waals surface area contributed by atoms with E-state index in [0.717, 1.165) is 51.5 Å². The lowest BCUT2D eigenvalue weighted by molar-refractivity contribution is 0.268. The van der Waals surface area contributed by atoms with Crippen molar-refractivity contribution in [1.29, 1.82) is 0 Å². The van der Waals surface area contributed by atoms with Crippen LogP contribution in [0.5, 0.6) is 5.75 Å². The number of rotatable bonds is 7. The predicted molar refractivity (Wildman–Crippen MR) is 147 cm³/mol. The molecule has 0 fully saturated rings. The number of hydrogen-bond donors (Lipinski definition) is 1. The largest absolute Gasteiger partial charge is 0.489 e. The van der Waals surface area contributed by atoms with E-state index in [0.29, 0.717) is 6.61 Å². The zero-order valence-corrected chi connectivity index (χ0v) is 20.5. The summed E-state index contributed by atoms with van der Waals surface area (Å²) in [7, 11) is 2.11. The van der Waals surface area contributed by atoms with Crippen LogP contribution in [0.15, 0.2) is 96.6 Å². The Morgan fingerprint density at radius 1 is 1.06 bits per heavy atom. The lowest BCUT2D eigenvalue weighted by atomic mass is 9.90. The Bertz CT molecular complexity index is 1400. The minimum absolute atomic E-state index is 0. The molecule has 0 bridgehead atoms. The number of benzene rings is 3. The van der Waals surface area contributed by atoms with Crippen molar-refractivity contribution in [3.8, 4) is 5.75 Å². The smallest absolute Gasteiger partial charge is 0.130 e. The number of ether oxygens (including phenoxy) is 1. The van der Waals surface area contributed by atoms with Gasteiger partial charge in [0, 0.05) is 25.8 Å². The molecule has 5 rings (SSSR count). The molecular weight excluding hydrogens is 432 g/mol. The number of nitrogens with one attached hydrogen (secondary N) is 1. The van der Waals surface area contributed by atoms with Crippen LogP contribution in [-0.2, 0) is 12.1 Å². The Kier molecular flexibility index (Phi) is 6.00. The second kappa shape index (κ2) is 9.26. The van der Waals surface area contributed by atoms with Gasteiger partial charge < -0.3 is 15.0 Å². The summed E-state index contributed by atoms with van der Waals surface area (Å²) >= 11 is 0. The van der Waals surface area contributed by atoms with Crippen LogP contribution in [0.3, 0.4) is 0 Å². The molecule has 0 amide bonds. The van der Waals surface area contributed by atoms with Crippen LogP contribution in [0.1, 0.15) is 32.0 Å². The SMILES string of the molecule is C=C(Nc1cc2cc(C3(C)CN=C(C)N3C)ccc2cn1)c1ccc(OCc2ccccc2)cc1.[HH]. The van der Waals surface area contributed by atoms with Gasteiger partial charge in [0.1, 0.15) is 18.2 Å². The van der Waals surface area contributed by atoms with E-state index in [1.165, 1.54) is 5.56 Å². The molecule has 1 aliphatic heterocycles. The second-order valence-electron chi connectivity index (χ2n) is 9.23. The molecule has 1 unspecified atom stereocenters. The molecule has 4 aromatic rings. The van der Waals surface area contributed by atoms with Crippen molar-refractivity contribution < 1.29 is 6.16 Å². The highest BCUT2D eigenvalue weighted by atomic mass is 16.5. The first kappa shape index (κ1) is 22.7. The Morgan fingerprint density at radius 3 is 2.54 bits per heavy atom. The van der Waals surface area contributed by atoms with Gasteiger partial charge in [-0.2, -0.15) is 0 Å². The zero-order valence-electron chi connectivity index (χ0n) is 20.5. The van der Waals surface area contributed by atoms with Crippen molar-refractivity contribution in [2.24, 2.45) is 4.99 Å². The van der Waals surface area contributed by atoms with Crippen molar-refractivity contribution in [2.75, 3.05) is 18.9 Å². The molecule has 1 aromatic heterocycles. The third kappa shape index (κ3) is 4.62. The number of nitrogens with zero attached hydrogens (tertiary/aromatic N) is 3. The van der Waals surface area contributed by atoms with Crippen molar-refractivity contribution in [3.05, 3.63) is 108 Å². The van der Waals surface area contributed by atoms with Crippen LogP contribution >= 0.6 is 0 Å². The molecule has 0 saturated heterocycles. The van der Waals surface area contributed by atoms with Crippen LogP contribution in [0.2, 0.25) is 0 Å². The lowest BCUT2D eigenvalue weighted by Crippen LogP contribution is -2.41. The van der Waals surface area contributed by atoms with Gasteiger partial charge >= 0.3 is 0 Å². The van der Waals surface area contributed by atoms with Crippen molar-refractivity contribution >= 4 is 28.1 Å². The summed E-state index contributed by atoms with van der Waals surface area (Å²) in [6, 6.07) is 26.7. The molecular formula is C30H32N4O. The monoisotopic (exact) mass is 464 g/mol. The number of hydrogen-bond acceptors (Lipinski definition) is 5. The first-order valence-electron chi connectivity index (χ1n) is 11.8. The second-order valence-corrected chi connectivity index (χ2v) is 9.23. The van der Waals surface area contributed by atoms with E-state index in [1.807, 2.05) is 48.7 Å². The standard InChI is InChI=1S/C30H30N4O.H2/c1-21(24-11-14-28(15-12-24)35-19-23-8-6-5-7-9-23)33-29-17-26-16-27(13-10-25(26)18-31-29)30(3)20-32-22(2)34(30)4;/h5-18H,1,19-20H2,2-4H3,(H,31,33);1H. The van der Waals surface area contributed by atoms with E-state index in [1.54, 1.807) is 0 Å². The summed E-state index contributed by atoms with van der Waals surface area (Å²) < 4.78 is 5.89. The van der Waals surface area contributed by atoms with Crippen LogP contribution < -0.4 is 10.1 Å². The normalized spacial score (nSPS) is 17.3. The van der Waals surface area contributed by atoms with Gasteiger partial charge in [0.05, 0.1) is 17.9 Å². The fraction of sp³-hybridized carbons (Fsp3) is 0.200. The first-order chi connectivity index (χ1) is 16.9. The van der Waals surface area contributed by atoms with Gasteiger partial charge in [0.2, 0.25) is 0 Å². The van der Waals surface area contributed by atoms with E-state index in [-0.39, 0.29) is 6.97 Å². The number of aliphatic imine (C=N–C) groups is 1. The molecule has 1 aliphatic rings. The first-order valence-corrected chi connectivity index (χ1v) is 11.8. The molecule has 178 valence electrons. The van der Waals surface area contributed by atoms with Gasteiger partial charge in [-0.05, 0) is 72.3 Å². The number of fused-ring (bicyclic) bond motifs is 1. The van der Waals surface area contributed by atoms with Gasteiger partial charge in [-0.15, -0.1) is 0 Å². The van der Waals surface area contributed by atoms with E-state index in [9.17, 15) is 0 Å². The van der Waals surface area contributed by atoms with Gasteiger partial charge in [-0.3, -0.25) is 4.99 Å². The maximum atomic E-state index is 5.89. The molecule has 0 radical (unpaired) electrons. The summed E-state index contributed by atoms with van der Waals surface area (Å²) in [5.41, 5.74) is 4.03. The van der Waals surface area contributed by atoms with Crippen molar-refractivity contribution in [3.63, 3.8) is 0 Å². The number of likely N-dealkylation sites (N-methyl/N-ethyl adjacent to an activating group) is 1. The summed E-state index contributed by atoms with van der Waals surface area (Å²) in [6.07, 6.45) is 1.90. The molecule has 1 N–H and O–H groups in total. The summed E-state index contributed by atoms with van der Waals surface area (Å²) in [4.78, 5) is 11.5. The van der Waals surface area contributed by atoms with E-state index in [4.69, 9.17) is 4.74 Å². The van der Waals surface area contributed by atoms with E-state index in [2.05, 4.69) is 84.1 Å². The fourth-order valence-electron chi connectivity index (χ4n) is 4.39. The summed E-state index contributed by atoms with van der Waals surface area (Å²) in [6.45, 7) is 9.83. The Labute approximate surface area is 208 Å². The Balaban J connectivity index is 0.00000304. The zero-order chi connectivity index (χ0) is 24.4. The maximum Gasteiger partial charge on any atom is 0.130 e. The fourth-order valence-corrected chi connectivity index (χ4v) is 4.39. The molecule has 1 atom stereocenters. The summed E-state index contributed by atoms with van der Waals surface area (Å²) in [5, 5.41) is 5.60. The van der Waals surface area contributed by atoms with E-state index >= 15 is 0 Å². The molecule has 5 nitrogen and oxygen atoms in total. The molecule has 5 heteroatoms. The number of amidine groups is 1. The topological polar surface area (TPSA) is 49.8 Å². The summed E-state index contributed by atoms with van der Waals surface area (Å²) in [5.74, 6) is 2.66. The average molecular weight is 465 g/mol. The quantitative estimate of drug-likeness (QED) is 0.330. The number of anilines is 1. The van der Waals surface area contributed by atoms with Crippen LogP contribution in [-0.4, -0.2) is 29.3 Å². The Hall–Kier alpha value is -4.12. The van der Waals surface area contributed by atoms with E-state index < -0.39 is 0 Å². The molecule has 0 saturated carbocycles. The molecule has 35 heavy (non-hydrogen) atoms. The van der Waals surface area contributed by atoms with Gasteiger partial charge in [0.15, 0.2) is 0 Å². The van der Waals surface area contributed by atoms with Crippen LogP contribution in [0.4, 0.5) is 5.82 Å².